The van der Waals surface area contributed by atoms with Crippen LogP contribution < -0.4 is 10.1 Å². The minimum atomic E-state index is -0.117. The number of nitrogens with one attached hydrogen (secondary N) is 1. The van der Waals surface area contributed by atoms with Crippen molar-refractivity contribution >= 4 is 5.91 Å². The monoisotopic (exact) mass is 245 g/mol. The lowest BCUT2D eigenvalue weighted by atomic mass is 10.3. The Balaban J connectivity index is 1.94. The topological polar surface area (TPSA) is 56.1 Å². The Bertz CT molecular complexity index is 491. The first-order valence-electron chi connectivity index (χ1n) is 5.79. The first kappa shape index (κ1) is 12.2. The minimum Gasteiger partial charge on any atom is -0.484 e. The van der Waals surface area contributed by atoms with E-state index in [1.807, 2.05) is 43.5 Å². The van der Waals surface area contributed by atoms with E-state index in [2.05, 4.69) is 10.4 Å². The van der Waals surface area contributed by atoms with Gasteiger partial charge in [0.2, 0.25) is 0 Å². The van der Waals surface area contributed by atoms with E-state index in [0.29, 0.717) is 12.3 Å². The van der Waals surface area contributed by atoms with E-state index in [-0.39, 0.29) is 12.5 Å². The van der Waals surface area contributed by atoms with Gasteiger partial charge in [-0.05, 0) is 37.3 Å². The number of carbonyl (C=O) groups excluding carboxylic acids is 1. The van der Waals surface area contributed by atoms with Crippen molar-refractivity contribution in [1.29, 1.82) is 0 Å². The number of nitrogens with zero attached hydrogens (tertiary/aromatic N) is 2. The predicted molar refractivity (Wildman–Crippen MR) is 67.7 cm³/mol. The van der Waals surface area contributed by atoms with Crippen LogP contribution in [0, 0.1) is 0 Å². The maximum absolute atomic E-state index is 11.2. The first-order valence-corrected chi connectivity index (χ1v) is 5.79. The van der Waals surface area contributed by atoms with Gasteiger partial charge in [-0.1, -0.05) is 0 Å². The Morgan fingerprint density at radius 3 is 2.78 bits per heavy atom. The smallest absolute Gasteiger partial charge is 0.257 e. The molecule has 0 unspecified atom stereocenters. The van der Waals surface area contributed by atoms with Crippen molar-refractivity contribution in [3.05, 3.63) is 42.7 Å². The molecule has 5 heteroatoms. The summed E-state index contributed by atoms with van der Waals surface area (Å²) >= 11 is 0. The molecule has 0 bridgehead atoms. The molecule has 1 amide bonds. The van der Waals surface area contributed by atoms with E-state index in [1.54, 1.807) is 10.9 Å². The molecule has 1 heterocycles. The van der Waals surface area contributed by atoms with Crippen molar-refractivity contribution < 1.29 is 9.53 Å². The van der Waals surface area contributed by atoms with Gasteiger partial charge in [-0.2, -0.15) is 5.10 Å². The Morgan fingerprint density at radius 2 is 2.17 bits per heavy atom. The van der Waals surface area contributed by atoms with Gasteiger partial charge in [0.15, 0.2) is 6.61 Å². The standard InChI is InChI=1S/C13H15N3O2/c1-2-14-13(17)10-18-12-6-4-11(5-7-12)16-9-3-8-15-16/h3-9H,2,10H2,1H3,(H,14,17). The van der Waals surface area contributed by atoms with Crippen LogP contribution in [0.5, 0.6) is 5.75 Å². The highest BCUT2D eigenvalue weighted by atomic mass is 16.5. The maximum atomic E-state index is 11.2. The molecule has 1 N–H and O–H groups in total. The van der Waals surface area contributed by atoms with Crippen LogP contribution in [0.25, 0.3) is 5.69 Å². The van der Waals surface area contributed by atoms with Crippen molar-refractivity contribution in [3.8, 4) is 11.4 Å². The minimum absolute atomic E-state index is 0.0367. The number of carbonyl (C=O) groups is 1. The highest BCUT2D eigenvalue weighted by Gasteiger charge is 2.01. The van der Waals surface area contributed by atoms with Crippen LogP contribution >= 0.6 is 0 Å². The van der Waals surface area contributed by atoms with Gasteiger partial charge in [-0.15, -0.1) is 0 Å². The molecule has 0 aliphatic heterocycles. The molecule has 5 nitrogen and oxygen atoms in total. The normalized spacial score (nSPS) is 10.1. The summed E-state index contributed by atoms with van der Waals surface area (Å²) in [6.07, 6.45) is 3.59. The Labute approximate surface area is 105 Å². The van der Waals surface area contributed by atoms with Crippen molar-refractivity contribution in [2.24, 2.45) is 0 Å². The largest absolute Gasteiger partial charge is 0.484 e. The van der Waals surface area contributed by atoms with Crippen LogP contribution in [-0.4, -0.2) is 28.8 Å². The van der Waals surface area contributed by atoms with Gasteiger partial charge in [0.05, 0.1) is 5.69 Å². The summed E-state index contributed by atoms with van der Waals surface area (Å²) < 4.78 is 7.11. The van der Waals surface area contributed by atoms with E-state index in [9.17, 15) is 4.79 Å². The second-order valence-corrected chi connectivity index (χ2v) is 3.69. The first-order chi connectivity index (χ1) is 8.79. The van der Waals surface area contributed by atoms with Crippen LogP contribution in [0.1, 0.15) is 6.92 Å². The highest BCUT2D eigenvalue weighted by molar-refractivity contribution is 5.77. The zero-order chi connectivity index (χ0) is 12.8. The van der Waals surface area contributed by atoms with Gasteiger partial charge in [-0.3, -0.25) is 4.79 Å². The summed E-state index contributed by atoms with van der Waals surface area (Å²) in [6.45, 7) is 2.52. The molecule has 0 saturated carbocycles. The van der Waals surface area contributed by atoms with Crippen molar-refractivity contribution in [2.75, 3.05) is 13.2 Å². The van der Waals surface area contributed by atoms with Gasteiger partial charge in [0, 0.05) is 18.9 Å². The van der Waals surface area contributed by atoms with Crippen LogP contribution in [0.2, 0.25) is 0 Å². The van der Waals surface area contributed by atoms with Crippen LogP contribution in [-0.2, 0) is 4.79 Å². The van der Waals surface area contributed by atoms with E-state index >= 15 is 0 Å². The molecule has 2 aromatic rings. The van der Waals surface area contributed by atoms with Gasteiger partial charge in [0.1, 0.15) is 5.75 Å². The van der Waals surface area contributed by atoms with Gasteiger partial charge < -0.3 is 10.1 Å². The fourth-order valence-electron chi connectivity index (χ4n) is 1.51. The number of aromatic nitrogens is 2. The third-order valence-electron chi connectivity index (χ3n) is 2.35. The second kappa shape index (κ2) is 5.86. The Kier molecular flexibility index (Phi) is 3.96. The van der Waals surface area contributed by atoms with Crippen LogP contribution in [0.4, 0.5) is 0 Å². The number of hydrogen-bond donors (Lipinski definition) is 1. The molecule has 0 radical (unpaired) electrons. The number of ether oxygens (including phenoxy) is 1. The Hall–Kier alpha value is -2.30. The fraction of sp³-hybridized carbons (Fsp3) is 0.231. The predicted octanol–water partition coefficient (Wildman–Crippen LogP) is 1.39. The summed E-state index contributed by atoms with van der Waals surface area (Å²) in [6, 6.07) is 9.27. The molecule has 0 aliphatic rings. The van der Waals surface area contributed by atoms with Crippen LogP contribution in [0.3, 0.4) is 0 Å². The number of hydrogen-bond acceptors (Lipinski definition) is 3. The molecule has 94 valence electrons. The Morgan fingerprint density at radius 1 is 1.39 bits per heavy atom. The summed E-state index contributed by atoms with van der Waals surface area (Å²) in [5.74, 6) is 0.547. The summed E-state index contributed by atoms with van der Waals surface area (Å²) in [7, 11) is 0. The SMILES string of the molecule is CCNC(=O)COc1ccc(-n2cccn2)cc1. The fourth-order valence-corrected chi connectivity index (χ4v) is 1.51. The molecule has 1 aromatic heterocycles. The number of likely N-dealkylation sites (N-methyl/N-ethyl adjacent to an activating group) is 1. The molecular weight excluding hydrogens is 230 g/mol. The van der Waals surface area contributed by atoms with Crippen molar-refractivity contribution in [1.82, 2.24) is 15.1 Å². The van der Waals surface area contributed by atoms with E-state index in [1.165, 1.54) is 0 Å². The summed E-state index contributed by atoms with van der Waals surface area (Å²) in [5.41, 5.74) is 0.949. The highest BCUT2D eigenvalue weighted by Crippen LogP contribution is 2.14. The van der Waals surface area contributed by atoms with Crippen LogP contribution in [0.15, 0.2) is 42.7 Å². The zero-order valence-electron chi connectivity index (χ0n) is 10.2. The van der Waals surface area contributed by atoms with Crippen molar-refractivity contribution in [3.63, 3.8) is 0 Å². The molecule has 18 heavy (non-hydrogen) atoms. The molecular formula is C13H15N3O2. The summed E-state index contributed by atoms with van der Waals surface area (Å²) in [4.78, 5) is 11.2. The third-order valence-corrected chi connectivity index (χ3v) is 2.35. The summed E-state index contributed by atoms with van der Waals surface area (Å²) in [5, 5.41) is 6.80. The second-order valence-electron chi connectivity index (χ2n) is 3.69. The molecule has 1 aromatic carbocycles. The maximum Gasteiger partial charge on any atom is 0.257 e. The lowest BCUT2D eigenvalue weighted by Crippen LogP contribution is -2.28. The molecule has 2 rings (SSSR count). The lowest BCUT2D eigenvalue weighted by Gasteiger charge is -2.07. The van der Waals surface area contributed by atoms with Gasteiger partial charge >= 0.3 is 0 Å². The average Bonchev–Trinajstić information content (AvgIpc) is 2.91. The zero-order valence-corrected chi connectivity index (χ0v) is 10.2. The van der Waals surface area contributed by atoms with Crippen molar-refractivity contribution in [2.45, 2.75) is 6.92 Å². The van der Waals surface area contributed by atoms with E-state index < -0.39 is 0 Å². The van der Waals surface area contributed by atoms with Gasteiger partial charge in [-0.25, -0.2) is 4.68 Å². The molecule has 0 atom stereocenters. The number of benzene rings is 1. The molecule has 0 saturated heterocycles. The van der Waals surface area contributed by atoms with Gasteiger partial charge in [0.25, 0.3) is 5.91 Å². The molecule has 0 spiro atoms. The number of amides is 1. The van der Waals surface area contributed by atoms with E-state index in [0.717, 1.165) is 5.69 Å². The quantitative estimate of drug-likeness (QED) is 0.866. The average molecular weight is 245 g/mol. The van der Waals surface area contributed by atoms with E-state index in [4.69, 9.17) is 4.74 Å². The third kappa shape index (κ3) is 3.10. The number of rotatable bonds is 5. The lowest BCUT2D eigenvalue weighted by molar-refractivity contribution is -0.122. The molecule has 0 fully saturated rings. The molecule has 0 aliphatic carbocycles.